The number of benzene rings is 1. The minimum atomic E-state index is -2.44. The highest BCUT2D eigenvalue weighted by atomic mass is 19.3. The summed E-state index contributed by atoms with van der Waals surface area (Å²) in [5, 5.41) is 20.5. The van der Waals surface area contributed by atoms with E-state index in [0.29, 0.717) is 11.3 Å². The predicted molar refractivity (Wildman–Crippen MR) is 61.5 cm³/mol. The molecule has 0 aliphatic heterocycles. The summed E-state index contributed by atoms with van der Waals surface area (Å²) in [4.78, 5) is 0. The van der Waals surface area contributed by atoms with Gasteiger partial charge < -0.3 is 15.2 Å². The molecular formula is C12H14F2N2O2. The molecule has 2 N–H and O–H groups in total. The monoisotopic (exact) mass is 256 g/mol. The highest BCUT2D eigenvalue weighted by Crippen LogP contribution is 2.12. The summed E-state index contributed by atoms with van der Waals surface area (Å²) in [6.45, 7) is -0.450. The number of alkyl halides is 2. The number of aliphatic hydroxyl groups excluding tert-OH is 1. The number of hydrogen-bond donors (Lipinski definition) is 2. The second kappa shape index (κ2) is 7.58. The molecule has 1 aromatic rings. The Morgan fingerprint density at radius 3 is 2.83 bits per heavy atom. The molecule has 0 aromatic heterocycles. The van der Waals surface area contributed by atoms with Crippen LogP contribution in [0.2, 0.25) is 0 Å². The number of nitrogens with one attached hydrogen (secondary N) is 1. The van der Waals surface area contributed by atoms with Crippen molar-refractivity contribution in [1.82, 2.24) is 5.32 Å². The molecule has 0 bridgehead atoms. The SMILES string of the molecule is N#Cc1cccc(OCC(O)CNCC(F)F)c1. The Bertz CT molecular complexity index is 407. The van der Waals surface area contributed by atoms with E-state index in [9.17, 15) is 13.9 Å². The van der Waals surface area contributed by atoms with Gasteiger partial charge in [-0.05, 0) is 18.2 Å². The molecule has 0 spiro atoms. The number of ether oxygens (including phenoxy) is 1. The largest absolute Gasteiger partial charge is 0.491 e. The first-order valence-corrected chi connectivity index (χ1v) is 5.41. The lowest BCUT2D eigenvalue weighted by atomic mass is 10.2. The van der Waals surface area contributed by atoms with E-state index in [-0.39, 0.29) is 13.2 Å². The molecular weight excluding hydrogens is 242 g/mol. The zero-order chi connectivity index (χ0) is 13.4. The highest BCUT2D eigenvalue weighted by Gasteiger charge is 2.07. The van der Waals surface area contributed by atoms with Crippen molar-refractivity contribution < 1.29 is 18.6 Å². The Labute approximate surface area is 104 Å². The molecule has 6 heteroatoms. The average Bonchev–Trinajstić information content (AvgIpc) is 2.36. The van der Waals surface area contributed by atoms with Gasteiger partial charge in [-0.3, -0.25) is 0 Å². The van der Waals surface area contributed by atoms with Crippen molar-refractivity contribution in [2.75, 3.05) is 19.7 Å². The average molecular weight is 256 g/mol. The van der Waals surface area contributed by atoms with Crippen LogP contribution in [0.15, 0.2) is 24.3 Å². The van der Waals surface area contributed by atoms with Crippen LogP contribution in [0, 0.1) is 11.3 Å². The van der Waals surface area contributed by atoms with E-state index >= 15 is 0 Å². The van der Waals surface area contributed by atoms with Gasteiger partial charge in [-0.15, -0.1) is 0 Å². The van der Waals surface area contributed by atoms with E-state index in [4.69, 9.17) is 10.00 Å². The van der Waals surface area contributed by atoms with Crippen molar-refractivity contribution in [3.63, 3.8) is 0 Å². The first-order valence-electron chi connectivity index (χ1n) is 5.41. The van der Waals surface area contributed by atoms with E-state index in [0.717, 1.165) is 0 Å². The molecule has 1 atom stereocenters. The van der Waals surface area contributed by atoms with Crippen LogP contribution in [0.4, 0.5) is 8.78 Å². The van der Waals surface area contributed by atoms with Gasteiger partial charge in [0.25, 0.3) is 6.43 Å². The lowest BCUT2D eigenvalue weighted by Crippen LogP contribution is -2.33. The molecule has 0 aliphatic carbocycles. The Balaban J connectivity index is 2.29. The summed E-state index contributed by atoms with van der Waals surface area (Å²) in [5.74, 6) is 0.460. The van der Waals surface area contributed by atoms with Crippen LogP contribution in [0.25, 0.3) is 0 Å². The number of rotatable bonds is 7. The fourth-order valence-corrected chi connectivity index (χ4v) is 1.27. The molecule has 98 valence electrons. The van der Waals surface area contributed by atoms with Crippen molar-refractivity contribution in [2.24, 2.45) is 0 Å². The second-order valence-electron chi connectivity index (χ2n) is 3.65. The minimum Gasteiger partial charge on any atom is -0.491 e. The molecule has 0 saturated carbocycles. The van der Waals surface area contributed by atoms with Crippen LogP contribution in [0.1, 0.15) is 5.56 Å². The van der Waals surface area contributed by atoms with Gasteiger partial charge in [0, 0.05) is 6.54 Å². The number of halogens is 2. The normalized spacial score (nSPS) is 12.2. The smallest absolute Gasteiger partial charge is 0.250 e. The summed E-state index contributed by atoms with van der Waals surface area (Å²) in [6, 6.07) is 8.45. The first-order chi connectivity index (χ1) is 8.61. The molecule has 1 rings (SSSR count). The molecule has 1 aromatic carbocycles. The molecule has 0 saturated heterocycles. The predicted octanol–water partition coefficient (Wildman–Crippen LogP) is 1.15. The quantitative estimate of drug-likeness (QED) is 0.768. The number of nitriles is 1. The molecule has 1 unspecified atom stereocenters. The molecule has 4 nitrogen and oxygen atoms in total. The van der Waals surface area contributed by atoms with Crippen molar-refractivity contribution in [3.8, 4) is 11.8 Å². The Morgan fingerprint density at radius 1 is 1.39 bits per heavy atom. The maximum atomic E-state index is 11.8. The van der Waals surface area contributed by atoms with Gasteiger partial charge in [-0.1, -0.05) is 6.07 Å². The summed E-state index contributed by atoms with van der Waals surface area (Å²) in [6.07, 6.45) is -3.32. The molecule has 0 radical (unpaired) electrons. The Morgan fingerprint density at radius 2 is 2.17 bits per heavy atom. The lowest BCUT2D eigenvalue weighted by Gasteiger charge is -2.13. The van der Waals surface area contributed by atoms with Gasteiger partial charge >= 0.3 is 0 Å². The van der Waals surface area contributed by atoms with E-state index in [1.165, 1.54) is 0 Å². The van der Waals surface area contributed by atoms with Crippen LogP contribution in [-0.2, 0) is 0 Å². The van der Waals surface area contributed by atoms with E-state index in [1.807, 2.05) is 6.07 Å². The topological polar surface area (TPSA) is 65.3 Å². The van der Waals surface area contributed by atoms with Crippen molar-refractivity contribution in [3.05, 3.63) is 29.8 Å². The molecule has 0 amide bonds. The van der Waals surface area contributed by atoms with Crippen LogP contribution < -0.4 is 10.1 Å². The van der Waals surface area contributed by atoms with Crippen LogP contribution in [-0.4, -0.2) is 37.3 Å². The van der Waals surface area contributed by atoms with Gasteiger partial charge in [-0.2, -0.15) is 5.26 Å². The maximum Gasteiger partial charge on any atom is 0.250 e. The van der Waals surface area contributed by atoms with Gasteiger partial charge in [0.15, 0.2) is 0 Å². The minimum absolute atomic E-state index is 0.0227. The first kappa shape index (κ1) is 14.4. The van der Waals surface area contributed by atoms with Crippen LogP contribution in [0.3, 0.4) is 0 Å². The van der Waals surface area contributed by atoms with Gasteiger partial charge in [0.2, 0.25) is 0 Å². The van der Waals surface area contributed by atoms with Crippen molar-refractivity contribution in [2.45, 2.75) is 12.5 Å². The standard InChI is InChI=1S/C12H14F2N2O2/c13-12(14)7-16-6-10(17)8-18-11-3-1-2-9(4-11)5-15/h1-4,10,12,16-17H,6-8H2. The molecule has 0 aliphatic rings. The maximum absolute atomic E-state index is 11.8. The third-order valence-corrected chi connectivity index (χ3v) is 2.08. The fourth-order valence-electron chi connectivity index (χ4n) is 1.27. The lowest BCUT2D eigenvalue weighted by molar-refractivity contribution is 0.0951. The van der Waals surface area contributed by atoms with E-state index in [1.54, 1.807) is 24.3 Å². The third kappa shape index (κ3) is 5.57. The van der Waals surface area contributed by atoms with Crippen molar-refractivity contribution >= 4 is 0 Å². The van der Waals surface area contributed by atoms with E-state index in [2.05, 4.69) is 5.32 Å². The van der Waals surface area contributed by atoms with Crippen molar-refractivity contribution in [1.29, 1.82) is 5.26 Å². The summed E-state index contributed by atoms with van der Waals surface area (Å²) in [5.41, 5.74) is 0.456. The Kier molecular flexibility index (Phi) is 6.05. The molecule has 18 heavy (non-hydrogen) atoms. The summed E-state index contributed by atoms with van der Waals surface area (Å²) >= 11 is 0. The highest BCUT2D eigenvalue weighted by molar-refractivity contribution is 5.36. The zero-order valence-corrected chi connectivity index (χ0v) is 9.64. The zero-order valence-electron chi connectivity index (χ0n) is 9.64. The fraction of sp³-hybridized carbons (Fsp3) is 0.417. The van der Waals surface area contributed by atoms with Gasteiger partial charge in [0.05, 0.1) is 18.2 Å². The molecule has 0 fully saturated rings. The second-order valence-corrected chi connectivity index (χ2v) is 3.65. The summed E-state index contributed by atoms with van der Waals surface area (Å²) < 4.78 is 28.9. The third-order valence-electron chi connectivity index (χ3n) is 2.08. The van der Waals surface area contributed by atoms with Gasteiger partial charge in [-0.25, -0.2) is 8.78 Å². The van der Waals surface area contributed by atoms with Gasteiger partial charge in [0.1, 0.15) is 18.5 Å². The number of nitrogens with zero attached hydrogens (tertiary/aromatic N) is 1. The van der Waals surface area contributed by atoms with E-state index < -0.39 is 19.1 Å². The summed E-state index contributed by atoms with van der Waals surface area (Å²) in [7, 11) is 0. The number of aliphatic hydroxyl groups is 1. The molecule has 0 heterocycles. The van der Waals surface area contributed by atoms with Crippen LogP contribution >= 0.6 is 0 Å². The Hall–Kier alpha value is -1.71. The number of hydrogen-bond acceptors (Lipinski definition) is 4. The van der Waals surface area contributed by atoms with Crippen LogP contribution in [0.5, 0.6) is 5.75 Å².